The van der Waals surface area contributed by atoms with E-state index in [1.807, 2.05) is 0 Å². The molecule has 0 spiro atoms. The van der Waals surface area contributed by atoms with Crippen molar-refractivity contribution >= 4 is 5.78 Å². The van der Waals surface area contributed by atoms with Crippen LogP contribution in [0.3, 0.4) is 0 Å². The van der Waals surface area contributed by atoms with Gasteiger partial charge >= 0.3 is 0 Å². The highest BCUT2D eigenvalue weighted by atomic mass is 16.1. The summed E-state index contributed by atoms with van der Waals surface area (Å²) in [6.45, 7) is 7.97. The number of carbonyl (C=O) groups excluding carboxylic acids is 1. The van der Waals surface area contributed by atoms with E-state index in [1.54, 1.807) is 0 Å². The molecule has 0 fully saturated rings. The first-order valence-corrected chi connectivity index (χ1v) is 20.7. The number of ketones is 1. The molecule has 0 bridgehead atoms. The second-order valence-corrected chi connectivity index (χ2v) is 15.1. The highest BCUT2D eigenvalue weighted by molar-refractivity contribution is 5.79. The fourth-order valence-electron chi connectivity index (χ4n) is 6.54. The molecule has 0 saturated heterocycles. The monoisotopic (exact) mass is 654 g/mol. The number of Topliss-reactive ketones (excluding diaryl/α,β-unsaturated/α-hetero) is 1. The summed E-state index contributed by atoms with van der Waals surface area (Å²) in [7, 11) is 4.21. The molecule has 0 aromatic carbocycles. The first kappa shape index (κ1) is 45.6. The van der Waals surface area contributed by atoms with Crippen LogP contribution in [0.5, 0.6) is 0 Å². The van der Waals surface area contributed by atoms with Crippen molar-refractivity contribution in [3.63, 3.8) is 0 Å². The smallest absolute Gasteiger partial charge is 0.133 e. The van der Waals surface area contributed by atoms with E-state index in [1.165, 1.54) is 154 Å². The largest absolute Gasteiger partial charge is 0.309 e. The van der Waals surface area contributed by atoms with Gasteiger partial charge in [0.15, 0.2) is 0 Å². The van der Waals surface area contributed by atoms with Crippen LogP contribution >= 0.6 is 0 Å². The molecule has 0 atom stereocenters. The molecule has 0 heterocycles. The first-order chi connectivity index (χ1) is 22.9. The van der Waals surface area contributed by atoms with Gasteiger partial charge in [-0.3, -0.25) is 4.79 Å². The van der Waals surface area contributed by atoms with E-state index in [9.17, 15) is 4.79 Å². The van der Waals surface area contributed by atoms with Crippen molar-refractivity contribution in [1.82, 2.24) is 4.90 Å². The number of unbranched alkanes of at least 4 members (excludes halogenated alkanes) is 18. The molecule has 0 aliphatic heterocycles. The average molecular weight is 654 g/mol. The lowest BCUT2D eigenvalue weighted by Gasteiger charge is -2.29. The van der Waals surface area contributed by atoms with E-state index in [4.69, 9.17) is 0 Å². The minimum Gasteiger partial charge on any atom is -0.309 e. The summed E-state index contributed by atoms with van der Waals surface area (Å²) in [6.07, 6.45) is 54.9. The molecule has 0 amide bonds. The molecule has 0 N–H and O–H groups in total. The second kappa shape index (κ2) is 35.9. The minimum atomic E-state index is 0.194. The molecular formula is C45H83NO. The van der Waals surface area contributed by atoms with Crippen LogP contribution in [0.2, 0.25) is 0 Å². The predicted molar refractivity (Wildman–Crippen MR) is 213 cm³/mol. The molecule has 0 aliphatic carbocycles. The van der Waals surface area contributed by atoms with Crippen LogP contribution < -0.4 is 0 Å². The summed E-state index contributed by atoms with van der Waals surface area (Å²) in [5.74, 6) is 0.495. The van der Waals surface area contributed by atoms with Gasteiger partial charge in [0.2, 0.25) is 0 Å². The number of allylic oxidation sites excluding steroid dienone is 8. The molecule has 0 aliphatic rings. The van der Waals surface area contributed by atoms with Crippen molar-refractivity contribution in [3.05, 3.63) is 48.6 Å². The highest BCUT2D eigenvalue weighted by Crippen LogP contribution is 2.36. The van der Waals surface area contributed by atoms with Gasteiger partial charge < -0.3 is 4.90 Å². The molecule has 0 aromatic rings. The van der Waals surface area contributed by atoms with Crippen molar-refractivity contribution in [2.75, 3.05) is 20.6 Å². The molecule has 0 saturated carbocycles. The lowest BCUT2D eigenvalue weighted by Crippen LogP contribution is -2.22. The summed E-state index contributed by atoms with van der Waals surface area (Å²) >= 11 is 0. The molecule has 2 nitrogen and oxygen atoms in total. The van der Waals surface area contributed by atoms with E-state index in [0.29, 0.717) is 5.78 Å². The molecule has 274 valence electrons. The van der Waals surface area contributed by atoms with Crippen molar-refractivity contribution in [2.45, 2.75) is 207 Å². The lowest BCUT2D eigenvalue weighted by atomic mass is 9.75. The van der Waals surface area contributed by atoms with Crippen molar-refractivity contribution < 1.29 is 4.79 Å². The minimum absolute atomic E-state index is 0.194. The van der Waals surface area contributed by atoms with Crippen LogP contribution in [0, 0.1) is 5.41 Å². The zero-order chi connectivity index (χ0) is 34.5. The van der Waals surface area contributed by atoms with Gasteiger partial charge in [0.05, 0.1) is 0 Å². The topological polar surface area (TPSA) is 20.3 Å². The van der Waals surface area contributed by atoms with Crippen LogP contribution in [0.15, 0.2) is 48.6 Å². The maximum Gasteiger partial charge on any atom is 0.133 e. The lowest BCUT2D eigenvalue weighted by molar-refractivity contribution is -0.121. The Morgan fingerprint density at radius 2 is 0.851 bits per heavy atom. The summed E-state index contributed by atoms with van der Waals surface area (Å²) in [6, 6.07) is 0. The van der Waals surface area contributed by atoms with E-state index < -0.39 is 0 Å². The SMILES string of the molecule is CCCCC/C=C\C/C=C\CCCCCCCCC(C)(CCCCCCCC/C=C\C/C=C\CCCCC)CC(=O)CCCN(C)C. The summed E-state index contributed by atoms with van der Waals surface area (Å²) in [5, 5.41) is 0. The number of rotatable bonds is 36. The summed E-state index contributed by atoms with van der Waals surface area (Å²) in [4.78, 5) is 15.1. The van der Waals surface area contributed by atoms with Crippen molar-refractivity contribution in [1.29, 1.82) is 0 Å². The van der Waals surface area contributed by atoms with E-state index in [0.717, 1.165) is 38.6 Å². The van der Waals surface area contributed by atoms with Gasteiger partial charge in [-0.1, -0.05) is 159 Å². The van der Waals surface area contributed by atoms with E-state index >= 15 is 0 Å². The van der Waals surface area contributed by atoms with Gasteiger partial charge in [0, 0.05) is 12.8 Å². The highest BCUT2D eigenvalue weighted by Gasteiger charge is 2.26. The Bertz CT molecular complexity index is 725. The third-order valence-electron chi connectivity index (χ3n) is 9.65. The van der Waals surface area contributed by atoms with Crippen LogP contribution in [-0.2, 0) is 4.79 Å². The van der Waals surface area contributed by atoms with Crippen molar-refractivity contribution in [3.8, 4) is 0 Å². The molecule has 0 unspecified atom stereocenters. The van der Waals surface area contributed by atoms with Gasteiger partial charge in [0.25, 0.3) is 0 Å². The Morgan fingerprint density at radius 1 is 0.489 bits per heavy atom. The van der Waals surface area contributed by atoms with Gasteiger partial charge in [-0.2, -0.15) is 0 Å². The van der Waals surface area contributed by atoms with Gasteiger partial charge in [-0.15, -0.1) is 0 Å². The van der Waals surface area contributed by atoms with E-state index in [-0.39, 0.29) is 5.41 Å². The molecule has 0 radical (unpaired) electrons. The zero-order valence-electron chi connectivity index (χ0n) is 32.7. The number of carbonyl (C=O) groups is 1. The first-order valence-electron chi connectivity index (χ1n) is 20.7. The number of nitrogens with zero attached hydrogens (tertiary/aromatic N) is 1. The van der Waals surface area contributed by atoms with Crippen LogP contribution in [0.25, 0.3) is 0 Å². The Kier molecular flexibility index (Phi) is 34.8. The predicted octanol–water partition coefficient (Wildman–Crippen LogP) is 14.7. The van der Waals surface area contributed by atoms with Gasteiger partial charge in [-0.25, -0.2) is 0 Å². The summed E-state index contributed by atoms with van der Waals surface area (Å²) < 4.78 is 0. The Hall–Kier alpha value is -1.41. The van der Waals surface area contributed by atoms with Gasteiger partial charge in [0.1, 0.15) is 5.78 Å². The average Bonchev–Trinajstić information content (AvgIpc) is 3.04. The van der Waals surface area contributed by atoms with Crippen molar-refractivity contribution in [2.24, 2.45) is 5.41 Å². The third kappa shape index (κ3) is 35.7. The van der Waals surface area contributed by atoms with Crippen LogP contribution in [0.4, 0.5) is 0 Å². The molecule has 0 rings (SSSR count). The van der Waals surface area contributed by atoms with Crippen LogP contribution in [-0.4, -0.2) is 31.3 Å². The molecule has 2 heteroatoms. The van der Waals surface area contributed by atoms with Gasteiger partial charge in [-0.05, 0) is 110 Å². The Labute approximate surface area is 296 Å². The number of hydrogen-bond acceptors (Lipinski definition) is 2. The third-order valence-corrected chi connectivity index (χ3v) is 9.65. The maximum atomic E-state index is 12.9. The fourth-order valence-corrected chi connectivity index (χ4v) is 6.54. The standard InChI is InChI=1S/C45H83NO/c1-6-8-10-12-14-16-18-20-22-24-26-28-30-32-34-36-40-45(3,43-44(47)39-38-42-46(4)5)41-37-35-33-31-29-27-25-23-21-19-17-15-13-11-9-7-2/h14-17,20-23H,6-13,18-19,24-43H2,1-5H3/b16-14-,17-15-,22-20-,23-21-. The zero-order valence-corrected chi connectivity index (χ0v) is 32.7. The molecule has 0 aromatic heterocycles. The quantitative estimate of drug-likeness (QED) is 0.0495. The second-order valence-electron chi connectivity index (χ2n) is 15.1. The molecule has 47 heavy (non-hydrogen) atoms. The maximum absolute atomic E-state index is 12.9. The normalized spacial score (nSPS) is 12.7. The Morgan fingerprint density at radius 3 is 1.23 bits per heavy atom. The summed E-state index contributed by atoms with van der Waals surface area (Å²) in [5.41, 5.74) is 0.194. The number of hydrogen-bond donors (Lipinski definition) is 0. The van der Waals surface area contributed by atoms with Crippen LogP contribution in [0.1, 0.15) is 207 Å². The molecular weight excluding hydrogens is 571 g/mol. The Balaban J connectivity index is 4.17. The van der Waals surface area contributed by atoms with E-state index in [2.05, 4.69) is 88.4 Å². The fraction of sp³-hybridized carbons (Fsp3) is 0.800.